The van der Waals surface area contributed by atoms with Crippen molar-refractivity contribution in [2.75, 3.05) is 6.54 Å². The lowest BCUT2D eigenvalue weighted by atomic mass is 10.1. The Labute approximate surface area is 130 Å². The molecule has 1 aliphatic carbocycles. The van der Waals surface area contributed by atoms with Crippen LogP contribution in [0.2, 0.25) is 0 Å². The molecule has 1 aromatic carbocycles. The maximum atomic E-state index is 12.6. The molecule has 1 fully saturated rings. The monoisotopic (exact) mass is 327 g/mol. The SMILES string of the molecule is Cc1cc([N+](=O)[O-])cc(S(=O)(=O)NC2CCCC2CN)c1C. The minimum Gasteiger partial charge on any atom is -0.330 e. The van der Waals surface area contributed by atoms with Crippen LogP contribution in [0.15, 0.2) is 17.0 Å². The number of nitro benzene ring substituents is 1. The molecule has 3 N–H and O–H groups in total. The molecule has 2 atom stereocenters. The first-order valence-electron chi connectivity index (χ1n) is 7.24. The Hall–Kier alpha value is -1.51. The number of non-ortho nitro benzene ring substituents is 1. The lowest BCUT2D eigenvalue weighted by molar-refractivity contribution is -0.385. The van der Waals surface area contributed by atoms with E-state index in [0.717, 1.165) is 25.3 Å². The molecule has 2 unspecified atom stereocenters. The molecule has 1 saturated carbocycles. The predicted molar refractivity (Wildman–Crippen MR) is 83.1 cm³/mol. The van der Waals surface area contributed by atoms with E-state index in [-0.39, 0.29) is 22.5 Å². The number of nitrogens with two attached hydrogens (primary N) is 1. The van der Waals surface area contributed by atoms with Crippen LogP contribution in [0.3, 0.4) is 0 Å². The van der Waals surface area contributed by atoms with Gasteiger partial charge in [0.1, 0.15) is 0 Å². The van der Waals surface area contributed by atoms with Gasteiger partial charge in [-0.1, -0.05) is 6.42 Å². The van der Waals surface area contributed by atoms with Crippen molar-refractivity contribution in [3.63, 3.8) is 0 Å². The largest absolute Gasteiger partial charge is 0.330 e. The molecule has 1 aromatic rings. The van der Waals surface area contributed by atoms with Crippen LogP contribution in [0.4, 0.5) is 5.69 Å². The van der Waals surface area contributed by atoms with E-state index in [2.05, 4.69) is 4.72 Å². The minimum absolute atomic E-state index is 0.0260. The Kier molecular flexibility index (Phi) is 4.84. The Morgan fingerprint density at radius 1 is 1.36 bits per heavy atom. The summed E-state index contributed by atoms with van der Waals surface area (Å²) in [4.78, 5) is 10.4. The van der Waals surface area contributed by atoms with Crippen molar-refractivity contribution < 1.29 is 13.3 Å². The van der Waals surface area contributed by atoms with Crippen molar-refractivity contribution in [2.45, 2.75) is 44.0 Å². The average molecular weight is 327 g/mol. The van der Waals surface area contributed by atoms with E-state index in [1.807, 2.05) is 0 Å². The summed E-state index contributed by atoms with van der Waals surface area (Å²) in [5.41, 5.74) is 6.57. The average Bonchev–Trinajstić information content (AvgIpc) is 2.87. The van der Waals surface area contributed by atoms with E-state index in [0.29, 0.717) is 17.7 Å². The fourth-order valence-electron chi connectivity index (χ4n) is 2.93. The molecule has 0 amide bonds. The predicted octanol–water partition coefficient (Wildman–Crippen LogP) is 1.62. The van der Waals surface area contributed by atoms with Crippen molar-refractivity contribution in [2.24, 2.45) is 11.7 Å². The van der Waals surface area contributed by atoms with Crippen molar-refractivity contribution in [3.05, 3.63) is 33.4 Å². The van der Waals surface area contributed by atoms with Gasteiger partial charge in [-0.25, -0.2) is 13.1 Å². The van der Waals surface area contributed by atoms with Crippen LogP contribution in [0, 0.1) is 29.9 Å². The Morgan fingerprint density at radius 3 is 2.64 bits per heavy atom. The van der Waals surface area contributed by atoms with Crippen LogP contribution in [0.25, 0.3) is 0 Å². The third kappa shape index (κ3) is 3.29. The highest BCUT2D eigenvalue weighted by atomic mass is 32.2. The molecule has 7 nitrogen and oxygen atoms in total. The maximum absolute atomic E-state index is 12.6. The summed E-state index contributed by atoms with van der Waals surface area (Å²) >= 11 is 0. The summed E-state index contributed by atoms with van der Waals surface area (Å²) in [5.74, 6) is 0.120. The Bertz CT molecular complexity index is 688. The fraction of sp³-hybridized carbons (Fsp3) is 0.571. The van der Waals surface area contributed by atoms with E-state index in [1.54, 1.807) is 13.8 Å². The third-order valence-corrected chi connectivity index (χ3v) is 5.99. The van der Waals surface area contributed by atoms with Gasteiger partial charge in [-0.3, -0.25) is 10.1 Å². The van der Waals surface area contributed by atoms with E-state index in [9.17, 15) is 18.5 Å². The van der Waals surface area contributed by atoms with Gasteiger partial charge in [-0.2, -0.15) is 0 Å². The van der Waals surface area contributed by atoms with Crippen molar-refractivity contribution in [1.29, 1.82) is 0 Å². The second-order valence-corrected chi connectivity index (χ2v) is 7.48. The normalized spacial score (nSPS) is 22.0. The number of hydrogen-bond donors (Lipinski definition) is 2. The molecule has 22 heavy (non-hydrogen) atoms. The third-order valence-electron chi connectivity index (χ3n) is 4.37. The van der Waals surface area contributed by atoms with E-state index < -0.39 is 14.9 Å². The molecule has 0 heterocycles. The first kappa shape index (κ1) is 16.9. The highest BCUT2D eigenvalue weighted by Crippen LogP contribution is 2.29. The number of sulfonamides is 1. The summed E-state index contributed by atoms with van der Waals surface area (Å²) in [7, 11) is -3.81. The molecule has 0 aromatic heterocycles. The number of nitrogens with zero attached hydrogens (tertiary/aromatic N) is 1. The summed E-state index contributed by atoms with van der Waals surface area (Å²) in [6.07, 6.45) is 2.58. The van der Waals surface area contributed by atoms with Gasteiger partial charge in [0, 0.05) is 18.2 Å². The van der Waals surface area contributed by atoms with Gasteiger partial charge in [-0.15, -0.1) is 0 Å². The van der Waals surface area contributed by atoms with E-state index in [4.69, 9.17) is 5.73 Å². The standard InChI is InChI=1S/C14H21N3O4S/c1-9-6-12(17(18)19)7-14(10(9)2)22(20,21)16-13-5-3-4-11(13)8-15/h6-7,11,13,16H,3-5,8,15H2,1-2H3. The highest BCUT2D eigenvalue weighted by Gasteiger charge is 2.31. The molecule has 8 heteroatoms. The Morgan fingerprint density at radius 2 is 2.05 bits per heavy atom. The first-order chi connectivity index (χ1) is 10.3. The van der Waals surface area contributed by atoms with Crippen LogP contribution >= 0.6 is 0 Å². The quantitative estimate of drug-likeness (QED) is 0.630. The lowest BCUT2D eigenvalue weighted by Crippen LogP contribution is -2.40. The zero-order valence-electron chi connectivity index (χ0n) is 12.7. The molecule has 2 rings (SSSR count). The van der Waals surface area contributed by atoms with Gasteiger partial charge in [0.25, 0.3) is 5.69 Å². The molecule has 1 aliphatic rings. The van der Waals surface area contributed by atoms with Gasteiger partial charge in [0.2, 0.25) is 10.0 Å². The first-order valence-corrected chi connectivity index (χ1v) is 8.72. The van der Waals surface area contributed by atoms with Gasteiger partial charge >= 0.3 is 0 Å². The molecule has 0 aliphatic heterocycles. The van der Waals surface area contributed by atoms with Crippen molar-refractivity contribution >= 4 is 15.7 Å². The summed E-state index contributed by atoms with van der Waals surface area (Å²) < 4.78 is 27.9. The van der Waals surface area contributed by atoms with E-state index in [1.165, 1.54) is 6.07 Å². The maximum Gasteiger partial charge on any atom is 0.271 e. The highest BCUT2D eigenvalue weighted by molar-refractivity contribution is 7.89. The van der Waals surface area contributed by atoms with Crippen LogP contribution in [-0.2, 0) is 10.0 Å². The van der Waals surface area contributed by atoms with Crippen molar-refractivity contribution in [3.8, 4) is 0 Å². The number of nitro groups is 1. The number of aryl methyl sites for hydroxylation is 1. The zero-order chi connectivity index (χ0) is 16.5. The smallest absolute Gasteiger partial charge is 0.271 e. The Balaban J connectivity index is 2.39. The van der Waals surface area contributed by atoms with Crippen LogP contribution in [0.1, 0.15) is 30.4 Å². The molecule has 122 valence electrons. The second-order valence-electron chi connectivity index (χ2n) is 5.80. The van der Waals surface area contributed by atoms with Crippen LogP contribution < -0.4 is 10.5 Å². The summed E-state index contributed by atoms with van der Waals surface area (Å²) in [5, 5.41) is 11.0. The number of rotatable bonds is 5. The fourth-order valence-corrected chi connectivity index (χ4v) is 4.61. The molecule has 0 radical (unpaired) electrons. The second kappa shape index (κ2) is 6.31. The lowest BCUT2D eigenvalue weighted by Gasteiger charge is -2.20. The molecule has 0 bridgehead atoms. The zero-order valence-corrected chi connectivity index (χ0v) is 13.5. The van der Waals surface area contributed by atoms with Gasteiger partial charge < -0.3 is 5.73 Å². The van der Waals surface area contributed by atoms with Gasteiger partial charge in [0.15, 0.2) is 0 Å². The number of benzene rings is 1. The molecular weight excluding hydrogens is 306 g/mol. The molecule has 0 spiro atoms. The van der Waals surface area contributed by atoms with Crippen LogP contribution in [-0.4, -0.2) is 25.9 Å². The van der Waals surface area contributed by atoms with Gasteiger partial charge in [-0.05, 0) is 50.3 Å². The minimum atomic E-state index is -3.81. The number of hydrogen-bond acceptors (Lipinski definition) is 5. The molecular formula is C14H21N3O4S. The summed E-state index contributed by atoms with van der Waals surface area (Å²) in [6, 6.07) is 2.30. The van der Waals surface area contributed by atoms with Gasteiger partial charge in [0.05, 0.1) is 9.82 Å². The van der Waals surface area contributed by atoms with Crippen LogP contribution in [0.5, 0.6) is 0 Å². The number of nitrogens with one attached hydrogen (secondary N) is 1. The van der Waals surface area contributed by atoms with Crippen molar-refractivity contribution in [1.82, 2.24) is 4.72 Å². The summed E-state index contributed by atoms with van der Waals surface area (Å²) in [6.45, 7) is 3.75. The van der Waals surface area contributed by atoms with E-state index >= 15 is 0 Å². The molecule has 0 saturated heterocycles. The topological polar surface area (TPSA) is 115 Å².